The van der Waals surface area contributed by atoms with E-state index in [1.165, 1.54) is 18.3 Å². The number of halogens is 1. The fourth-order valence-electron chi connectivity index (χ4n) is 3.14. The van der Waals surface area contributed by atoms with Crippen LogP contribution in [-0.2, 0) is 15.1 Å². The summed E-state index contributed by atoms with van der Waals surface area (Å²) < 4.78 is 0. The molecule has 4 nitrogen and oxygen atoms in total. The molecule has 1 heterocycles. The van der Waals surface area contributed by atoms with Gasteiger partial charge in [-0.05, 0) is 42.0 Å². The molecule has 0 saturated heterocycles. The fourth-order valence-corrected chi connectivity index (χ4v) is 4.04. The second-order valence-corrected chi connectivity index (χ2v) is 7.73. The molecule has 0 aliphatic heterocycles. The molecular weight excluding hydrogens is 368 g/mol. The molecule has 0 saturated carbocycles. The Hall–Kier alpha value is -1.85. The fraction of sp³-hybridized carbons (Fsp3) is 0.400. The molecular formula is C20H25ClN2O2S. The van der Waals surface area contributed by atoms with Gasteiger partial charge in [-0.2, -0.15) is 0 Å². The summed E-state index contributed by atoms with van der Waals surface area (Å²) >= 11 is 7.53. The summed E-state index contributed by atoms with van der Waals surface area (Å²) in [6.07, 6.45) is 1.73. The Morgan fingerprint density at radius 1 is 1.15 bits per heavy atom. The lowest BCUT2D eigenvalue weighted by atomic mass is 9.84. The van der Waals surface area contributed by atoms with Crippen LogP contribution in [0.5, 0.6) is 0 Å². The van der Waals surface area contributed by atoms with Crippen LogP contribution in [0.15, 0.2) is 41.8 Å². The van der Waals surface area contributed by atoms with E-state index >= 15 is 0 Å². The topological polar surface area (TPSA) is 58.2 Å². The molecule has 140 valence electrons. The molecule has 6 heteroatoms. The smallest absolute Gasteiger partial charge is 0.223 e. The van der Waals surface area contributed by atoms with Gasteiger partial charge in [0.15, 0.2) is 0 Å². The molecule has 1 atom stereocenters. The van der Waals surface area contributed by atoms with E-state index in [1.54, 1.807) is 0 Å². The van der Waals surface area contributed by atoms with Gasteiger partial charge in [-0.25, -0.2) is 0 Å². The third-order valence-electron chi connectivity index (χ3n) is 4.64. The van der Waals surface area contributed by atoms with Gasteiger partial charge in [0.1, 0.15) is 0 Å². The molecule has 2 amide bonds. The lowest BCUT2D eigenvalue weighted by Crippen LogP contribution is -2.46. The first-order chi connectivity index (χ1) is 12.4. The highest BCUT2D eigenvalue weighted by Crippen LogP contribution is 2.31. The van der Waals surface area contributed by atoms with Crippen molar-refractivity contribution in [1.29, 1.82) is 0 Å². The first-order valence-corrected chi connectivity index (χ1v) is 10.0. The molecule has 2 aromatic rings. The normalized spacial score (nSPS) is 12.5. The van der Waals surface area contributed by atoms with Gasteiger partial charge in [0.2, 0.25) is 11.8 Å². The highest BCUT2D eigenvalue weighted by molar-refractivity contribution is 7.10. The average Bonchev–Trinajstić information content (AvgIpc) is 3.14. The van der Waals surface area contributed by atoms with Crippen molar-refractivity contribution in [3.8, 4) is 0 Å². The number of nitrogens with one attached hydrogen (secondary N) is 2. The third-order valence-corrected chi connectivity index (χ3v) is 5.87. The van der Waals surface area contributed by atoms with Gasteiger partial charge in [0.05, 0.1) is 18.0 Å². The van der Waals surface area contributed by atoms with Gasteiger partial charge in [-0.15, -0.1) is 11.3 Å². The summed E-state index contributed by atoms with van der Waals surface area (Å²) in [4.78, 5) is 25.3. The number of hydrogen-bond acceptors (Lipinski definition) is 3. The first kappa shape index (κ1) is 20.5. The zero-order valence-corrected chi connectivity index (χ0v) is 16.9. The van der Waals surface area contributed by atoms with Crippen molar-refractivity contribution < 1.29 is 9.59 Å². The van der Waals surface area contributed by atoms with Crippen molar-refractivity contribution in [2.45, 2.75) is 51.6 Å². The number of rotatable bonds is 8. The van der Waals surface area contributed by atoms with E-state index in [0.717, 1.165) is 23.3 Å². The monoisotopic (exact) mass is 392 g/mol. The van der Waals surface area contributed by atoms with E-state index in [4.69, 9.17) is 11.6 Å². The van der Waals surface area contributed by atoms with Gasteiger partial charge in [0, 0.05) is 16.8 Å². The Morgan fingerprint density at radius 3 is 2.31 bits per heavy atom. The average molecular weight is 393 g/mol. The van der Waals surface area contributed by atoms with Gasteiger partial charge in [-0.3, -0.25) is 9.59 Å². The van der Waals surface area contributed by atoms with Crippen molar-refractivity contribution in [1.82, 2.24) is 10.6 Å². The maximum absolute atomic E-state index is 12.8. The van der Waals surface area contributed by atoms with Crippen LogP contribution >= 0.6 is 22.9 Å². The Balaban J connectivity index is 2.18. The summed E-state index contributed by atoms with van der Waals surface area (Å²) in [6.45, 7) is 5.58. The van der Waals surface area contributed by atoms with Crippen LogP contribution in [0.4, 0.5) is 0 Å². The Kier molecular flexibility index (Phi) is 7.23. The molecule has 26 heavy (non-hydrogen) atoms. The zero-order valence-electron chi connectivity index (χ0n) is 15.3. The maximum atomic E-state index is 12.8. The summed E-state index contributed by atoms with van der Waals surface area (Å²) in [5.41, 5.74) is 0.588. The van der Waals surface area contributed by atoms with E-state index in [-0.39, 0.29) is 24.3 Å². The molecule has 0 bridgehead atoms. The molecule has 0 spiro atoms. The Labute approximate surface area is 164 Å². The van der Waals surface area contributed by atoms with Crippen molar-refractivity contribution in [2.24, 2.45) is 0 Å². The van der Waals surface area contributed by atoms with Gasteiger partial charge in [0.25, 0.3) is 0 Å². The molecule has 2 rings (SSSR count). The largest absolute Gasteiger partial charge is 0.348 e. The quantitative estimate of drug-likeness (QED) is 0.677. The maximum Gasteiger partial charge on any atom is 0.223 e. The van der Waals surface area contributed by atoms with Gasteiger partial charge in [-0.1, -0.05) is 43.6 Å². The second kappa shape index (κ2) is 9.19. The first-order valence-electron chi connectivity index (χ1n) is 8.77. The molecule has 2 N–H and O–H groups in total. The summed E-state index contributed by atoms with van der Waals surface area (Å²) in [5.74, 6) is -0.234. The highest BCUT2D eigenvalue weighted by atomic mass is 35.5. The molecule has 1 unspecified atom stereocenters. The predicted molar refractivity (Wildman–Crippen MR) is 107 cm³/mol. The van der Waals surface area contributed by atoms with Gasteiger partial charge >= 0.3 is 0 Å². The Morgan fingerprint density at radius 2 is 1.81 bits per heavy atom. The molecule has 0 aliphatic carbocycles. The molecule has 0 aliphatic rings. The molecule has 1 aromatic carbocycles. The minimum Gasteiger partial charge on any atom is -0.348 e. The SMILES string of the molecule is CCC(CC)(NC(=O)CC(NC(C)=O)c1cccs1)c1ccc(Cl)cc1. The van der Waals surface area contributed by atoms with Crippen LogP contribution < -0.4 is 10.6 Å². The van der Waals surface area contributed by atoms with Crippen molar-refractivity contribution in [3.63, 3.8) is 0 Å². The lowest BCUT2D eigenvalue weighted by Gasteiger charge is -2.34. The van der Waals surface area contributed by atoms with Crippen LogP contribution in [0.25, 0.3) is 0 Å². The van der Waals surface area contributed by atoms with E-state index < -0.39 is 5.54 Å². The summed E-state index contributed by atoms with van der Waals surface area (Å²) in [6, 6.07) is 11.1. The minimum absolute atomic E-state index is 0.0872. The number of benzene rings is 1. The van der Waals surface area contributed by atoms with E-state index in [0.29, 0.717) is 5.02 Å². The second-order valence-electron chi connectivity index (χ2n) is 6.32. The standard InChI is InChI=1S/C20H25ClN2O2S/c1-4-20(5-2,15-8-10-16(21)11-9-15)23-19(25)13-17(22-14(3)24)18-7-6-12-26-18/h6-12,17H,4-5,13H2,1-3H3,(H,22,24)(H,23,25). The van der Waals surface area contributed by atoms with Crippen molar-refractivity contribution in [3.05, 3.63) is 57.2 Å². The number of carbonyl (C=O) groups is 2. The number of hydrogen-bond donors (Lipinski definition) is 2. The molecule has 0 fully saturated rings. The van der Waals surface area contributed by atoms with Gasteiger partial charge < -0.3 is 10.6 Å². The summed E-state index contributed by atoms with van der Waals surface area (Å²) in [7, 11) is 0. The van der Waals surface area contributed by atoms with E-state index in [9.17, 15) is 9.59 Å². The Bertz CT molecular complexity index is 725. The number of amides is 2. The molecule has 1 aromatic heterocycles. The van der Waals surface area contributed by atoms with Crippen LogP contribution in [0.1, 0.15) is 56.5 Å². The number of thiophene rings is 1. The summed E-state index contributed by atoms with van der Waals surface area (Å²) in [5, 5.41) is 8.69. The van der Waals surface area contributed by atoms with Crippen LogP contribution in [-0.4, -0.2) is 11.8 Å². The lowest BCUT2D eigenvalue weighted by molar-refractivity contribution is -0.124. The predicted octanol–water partition coefficient (Wildman–Crippen LogP) is 4.80. The van der Waals surface area contributed by atoms with E-state index in [2.05, 4.69) is 24.5 Å². The minimum atomic E-state index is -0.447. The van der Waals surface area contributed by atoms with Crippen LogP contribution in [0, 0.1) is 0 Å². The third kappa shape index (κ3) is 5.08. The zero-order chi connectivity index (χ0) is 19.2. The van der Waals surface area contributed by atoms with Crippen molar-refractivity contribution >= 4 is 34.8 Å². The van der Waals surface area contributed by atoms with Crippen LogP contribution in [0.3, 0.4) is 0 Å². The highest BCUT2D eigenvalue weighted by Gasteiger charge is 2.31. The number of carbonyl (C=O) groups excluding carboxylic acids is 2. The van der Waals surface area contributed by atoms with Crippen LogP contribution in [0.2, 0.25) is 5.02 Å². The molecule has 0 radical (unpaired) electrons. The van der Waals surface area contributed by atoms with E-state index in [1.807, 2.05) is 41.8 Å². The van der Waals surface area contributed by atoms with Crippen molar-refractivity contribution in [2.75, 3.05) is 0 Å².